The summed E-state index contributed by atoms with van der Waals surface area (Å²) in [6.45, 7) is 1.89. The van der Waals surface area contributed by atoms with Crippen molar-refractivity contribution in [1.29, 1.82) is 0 Å². The van der Waals surface area contributed by atoms with Crippen LogP contribution in [-0.2, 0) is 22.3 Å². The van der Waals surface area contributed by atoms with Crippen molar-refractivity contribution in [1.82, 2.24) is 4.98 Å². The highest BCUT2D eigenvalue weighted by Gasteiger charge is 2.50. The number of ketones is 2. The lowest BCUT2D eigenvalue weighted by molar-refractivity contribution is -0.141. The summed E-state index contributed by atoms with van der Waals surface area (Å²) in [5, 5.41) is 10.5. The van der Waals surface area contributed by atoms with Crippen LogP contribution in [0.25, 0.3) is 0 Å². The van der Waals surface area contributed by atoms with Crippen LogP contribution in [0, 0.1) is 17.8 Å². The molecule has 1 heterocycles. The van der Waals surface area contributed by atoms with Crippen molar-refractivity contribution in [2.24, 2.45) is 17.8 Å². The molecule has 1 aromatic heterocycles. The quantitative estimate of drug-likeness (QED) is 0.462. The van der Waals surface area contributed by atoms with Crippen LogP contribution < -0.4 is 0 Å². The molecule has 2 aliphatic carbocycles. The van der Waals surface area contributed by atoms with Crippen LogP contribution >= 0.6 is 0 Å². The minimum atomic E-state index is -4.65. The predicted octanol–water partition coefficient (Wildman–Crippen LogP) is 3.19. The molecule has 0 spiro atoms. The van der Waals surface area contributed by atoms with Crippen molar-refractivity contribution in [3.8, 4) is 0 Å². The summed E-state index contributed by atoms with van der Waals surface area (Å²) in [5.74, 6) is -2.60. The first-order valence-corrected chi connectivity index (χ1v) is 9.14. The average molecular weight is 385 g/mol. The second-order valence-electron chi connectivity index (χ2n) is 7.25. The standard InChI is InChI=1S/C19H22F3NO4/c1-2-7-27-9-13-12(5-6-14(23-13)19(20,21)22)18(26)15-16(24)10-3-4-11(8-10)17(15)25/h5-6,10-11,15-16,24H,2-4,7-9H2,1H3. The lowest BCUT2D eigenvalue weighted by atomic mass is 9.74. The van der Waals surface area contributed by atoms with E-state index >= 15 is 0 Å². The van der Waals surface area contributed by atoms with Gasteiger partial charge in [0.25, 0.3) is 0 Å². The van der Waals surface area contributed by atoms with Crippen molar-refractivity contribution in [2.45, 2.75) is 51.5 Å². The molecule has 2 fully saturated rings. The molecule has 27 heavy (non-hydrogen) atoms. The van der Waals surface area contributed by atoms with Gasteiger partial charge in [-0.25, -0.2) is 4.98 Å². The molecule has 0 amide bonds. The zero-order valence-electron chi connectivity index (χ0n) is 15.0. The highest BCUT2D eigenvalue weighted by Crippen LogP contribution is 2.44. The number of alkyl halides is 3. The smallest absolute Gasteiger partial charge is 0.392 e. The number of aromatic nitrogens is 1. The summed E-state index contributed by atoms with van der Waals surface area (Å²) in [7, 11) is 0. The second-order valence-corrected chi connectivity index (χ2v) is 7.25. The van der Waals surface area contributed by atoms with Crippen LogP contribution in [0.2, 0.25) is 0 Å². The Kier molecular flexibility index (Phi) is 5.67. The van der Waals surface area contributed by atoms with Crippen LogP contribution in [0.1, 0.15) is 54.4 Å². The lowest BCUT2D eigenvalue weighted by Crippen LogP contribution is -2.45. The van der Waals surface area contributed by atoms with Crippen molar-refractivity contribution in [3.63, 3.8) is 0 Å². The van der Waals surface area contributed by atoms with Gasteiger partial charge in [-0.1, -0.05) is 6.92 Å². The van der Waals surface area contributed by atoms with Crippen molar-refractivity contribution < 1.29 is 32.6 Å². The lowest BCUT2D eigenvalue weighted by Gasteiger charge is -2.31. The summed E-state index contributed by atoms with van der Waals surface area (Å²) in [6, 6.07) is 1.77. The van der Waals surface area contributed by atoms with E-state index in [1.165, 1.54) is 0 Å². The van der Waals surface area contributed by atoms with Crippen LogP contribution in [0.4, 0.5) is 13.2 Å². The normalized spacial score (nSPS) is 27.8. The second kappa shape index (κ2) is 7.67. The van der Waals surface area contributed by atoms with Crippen molar-refractivity contribution in [2.75, 3.05) is 6.61 Å². The Balaban J connectivity index is 1.94. The number of carbonyl (C=O) groups excluding carboxylic acids is 2. The molecule has 3 rings (SSSR count). The third-order valence-corrected chi connectivity index (χ3v) is 5.41. The van der Waals surface area contributed by atoms with Gasteiger partial charge in [0, 0.05) is 18.1 Å². The van der Waals surface area contributed by atoms with Gasteiger partial charge < -0.3 is 9.84 Å². The average Bonchev–Trinajstić information content (AvgIpc) is 3.07. The molecule has 1 aromatic rings. The fraction of sp³-hybridized carbons (Fsp3) is 0.632. The molecule has 2 aliphatic rings. The Morgan fingerprint density at radius 2 is 2.07 bits per heavy atom. The highest BCUT2D eigenvalue weighted by atomic mass is 19.4. The van der Waals surface area contributed by atoms with E-state index in [0.717, 1.165) is 12.1 Å². The monoisotopic (exact) mass is 385 g/mol. The maximum atomic E-state index is 13.0. The molecule has 8 heteroatoms. The van der Waals surface area contributed by atoms with E-state index in [2.05, 4.69) is 4.98 Å². The van der Waals surface area contributed by atoms with Gasteiger partial charge in [0.2, 0.25) is 0 Å². The number of hydrogen-bond acceptors (Lipinski definition) is 5. The van der Waals surface area contributed by atoms with Gasteiger partial charge in [-0.3, -0.25) is 9.59 Å². The van der Waals surface area contributed by atoms with Gasteiger partial charge in [0.05, 0.1) is 18.4 Å². The van der Waals surface area contributed by atoms with E-state index in [1.807, 2.05) is 6.92 Å². The molecule has 1 N–H and O–H groups in total. The fourth-order valence-electron chi connectivity index (χ4n) is 4.04. The number of hydrogen-bond donors (Lipinski definition) is 1. The highest BCUT2D eigenvalue weighted by molar-refractivity contribution is 6.12. The Bertz CT molecular complexity index is 734. The molecule has 2 saturated carbocycles. The van der Waals surface area contributed by atoms with Gasteiger partial charge in [0.1, 0.15) is 17.4 Å². The summed E-state index contributed by atoms with van der Waals surface area (Å²) >= 11 is 0. The summed E-state index contributed by atoms with van der Waals surface area (Å²) < 4.78 is 44.3. The van der Waals surface area contributed by atoms with E-state index in [9.17, 15) is 27.9 Å². The summed E-state index contributed by atoms with van der Waals surface area (Å²) in [5.41, 5.74) is -1.36. The van der Waals surface area contributed by atoms with Crippen LogP contribution in [0.5, 0.6) is 0 Å². The fourth-order valence-corrected chi connectivity index (χ4v) is 4.04. The predicted molar refractivity (Wildman–Crippen MR) is 88.9 cm³/mol. The van der Waals surface area contributed by atoms with Crippen LogP contribution in [-0.4, -0.2) is 34.4 Å². The van der Waals surface area contributed by atoms with Gasteiger partial charge in [-0.2, -0.15) is 13.2 Å². The molecule has 4 atom stereocenters. The molecule has 0 aromatic carbocycles. The van der Waals surface area contributed by atoms with Crippen LogP contribution in [0.15, 0.2) is 12.1 Å². The first-order valence-electron chi connectivity index (χ1n) is 9.14. The van der Waals surface area contributed by atoms with Crippen LogP contribution in [0.3, 0.4) is 0 Å². The van der Waals surface area contributed by atoms with Crippen molar-refractivity contribution >= 4 is 11.6 Å². The summed E-state index contributed by atoms with van der Waals surface area (Å²) in [4.78, 5) is 29.2. The molecule has 148 valence electrons. The van der Waals surface area contributed by atoms with E-state index < -0.39 is 29.7 Å². The summed E-state index contributed by atoms with van der Waals surface area (Å²) in [6.07, 6.45) is -3.20. The molecule has 0 aliphatic heterocycles. The Morgan fingerprint density at radius 1 is 1.33 bits per heavy atom. The van der Waals surface area contributed by atoms with E-state index in [4.69, 9.17) is 4.74 Å². The maximum absolute atomic E-state index is 13.0. The third kappa shape index (κ3) is 3.91. The number of aliphatic hydroxyl groups is 1. The largest absolute Gasteiger partial charge is 0.433 e. The first-order chi connectivity index (χ1) is 12.7. The minimum absolute atomic E-state index is 0.0854. The number of carbonyl (C=O) groups is 2. The number of nitrogens with zero attached hydrogens (tertiary/aromatic N) is 1. The zero-order valence-corrected chi connectivity index (χ0v) is 15.0. The number of rotatable bonds is 6. The molecular weight excluding hydrogens is 363 g/mol. The Morgan fingerprint density at radius 3 is 2.74 bits per heavy atom. The molecule has 4 unspecified atom stereocenters. The van der Waals surface area contributed by atoms with Gasteiger partial charge in [0.15, 0.2) is 5.78 Å². The van der Waals surface area contributed by atoms with Gasteiger partial charge in [-0.05, 0) is 43.7 Å². The number of aliphatic hydroxyl groups excluding tert-OH is 1. The molecule has 2 bridgehead atoms. The Hall–Kier alpha value is -1.80. The topological polar surface area (TPSA) is 76.5 Å². The molecule has 0 saturated heterocycles. The molecule has 5 nitrogen and oxygen atoms in total. The van der Waals surface area contributed by atoms with E-state index in [1.54, 1.807) is 0 Å². The SMILES string of the molecule is CCCOCc1nc(C(F)(F)F)ccc1C(=O)C1C(=O)C2CCC(C2)C1O. The van der Waals surface area contributed by atoms with E-state index in [-0.39, 0.29) is 35.5 Å². The van der Waals surface area contributed by atoms with Gasteiger partial charge in [-0.15, -0.1) is 0 Å². The number of pyridine rings is 1. The number of Topliss-reactive ketones (excluding diaryl/α,β-unsaturated/α-hetero) is 2. The van der Waals surface area contributed by atoms with Crippen molar-refractivity contribution in [3.05, 3.63) is 29.1 Å². The first kappa shape index (κ1) is 19.9. The maximum Gasteiger partial charge on any atom is 0.433 e. The molecule has 0 radical (unpaired) electrons. The number of ether oxygens (including phenoxy) is 1. The minimum Gasteiger partial charge on any atom is -0.392 e. The molecular formula is C19H22F3NO4. The number of fused-ring (bicyclic) bond motifs is 2. The van der Waals surface area contributed by atoms with E-state index in [0.29, 0.717) is 32.3 Å². The number of halogens is 3. The zero-order chi connectivity index (χ0) is 19.8. The third-order valence-electron chi connectivity index (χ3n) is 5.41. The van der Waals surface area contributed by atoms with Gasteiger partial charge >= 0.3 is 6.18 Å². The Labute approximate surface area is 154 Å².